The Kier molecular flexibility index (Phi) is 5.09. The van der Waals surface area contributed by atoms with Crippen molar-refractivity contribution in [3.8, 4) is 0 Å². The van der Waals surface area contributed by atoms with Crippen LogP contribution in [0.5, 0.6) is 0 Å². The second-order valence-corrected chi connectivity index (χ2v) is 8.33. The number of hydrogen-bond donors (Lipinski definition) is 2. The van der Waals surface area contributed by atoms with Crippen molar-refractivity contribution < 1.29 is 19.8 Å². The number of aliphatic hydroxyl groups is 1. The van der Waals surface area contributed by atoms with Crippen LogP contribution in [-0.4, -0.2) is 34.7 Å². The molecule has 0 aromatic carbocycles. The van der Waals surface area contributed by atoms with E-state index in [9.17, 15) is 15.1 Å². The summed E-state index contributed by atoms with van der Waals surface area (Å²) in [5.41, 5.74) is -1.03. The predicted molar refractivity (Wildman–Crippen MR) is 88.4 cm³/mol. The molecule has 2 aliphatic rings. The molecular formula is C18H31NO4. The van der Waals surface area contributed by atoms with E-state index in [0.29, 0.717) is 18.9 Å². The van der Waals surface area contributed by atoms with Crippen molar-refractivity contribution in [3.05, 3.63) is 0 Å². The number of carbonyl (C=O) groups is 1. The summed E-state index contributed by atoms with van der Waals surface area (Å²) in [6.45, 7) is 8.12. The van der Waals surface area contributed by atoms with Crippen LogP contribution >= 0.6 is 0 Å². The van der Waals surface area contributed by atoms with Crippen LogP contribution in [0.15, 0.2) is 5.16 Å². The van der Waals surface area contributed by atoms with Crippen LogP contribution in [-0.2, 0) is 9.53 Å². The van der Waals surface area contributed by atoms with Gasteiger partial charge in [-0.15, -0.1) is 5.16 Å². The van der Waals surface area contributed by atoms with Gasteiger partial charge in [0, 0.05) is 18.3 Å². The van der Waals surface area contributed by atoms with Gasteiger partial charge in [0.25, 0.3) is 0 Å². The van der Waals surface area contributed by atoms with E-state index < -0.39 is 5.60 Å². The van der Waals surface area contributed by atoms with Crippen LogP contribution in [0.3, 0.4) is 0 Å². The third-order valence-electron chi connectivity index (χ3n) is 6.37. The molecule has 0 heterocycles. The summed E-state index contributed by atoms with van der Waals surface area (Å²) in [7, 11) is 0. The third kappa shape index (κ3) is 3.39. The van der Waals surface area contributed by atoms with Crippen LogP contribution in [0.25, 0.3) is 0 Å². The molecule has 0 saturated heterocycles. The smallest absolute Gasteiger partial charge is 0.302 e. The summed E-state index contributed by atoms with van der Waals surface area (Å²) in [5.74, 6) is -0.0170. The standard InChI is InChI=1S/C18H31NO4/c1-13(20)23-11-7-15-17(4,21)10-6-14-16(2,3)8-5-9-18(14,15)12-19-22/h12,14-15,21-22H,5-11H2,1-4H3/b19-12+/t14-,15-,17-,18+/m0/s1. The van der Waals surface area contributed by atoms with Crippen molar-refractivity contribution in [1.29, 1.82) is 0 Å². The van der Waals surface area contributed by atoms with Crippen LogP contribution < -0.4 is 0 Å². The summed E-state index contributed by atoms with van der Waals surface area (Å²) < 4.78 is 5.14. The number of carbonyl (C=O) groups excluding carboxylic acids is 1. The Morgan fingerprint density at radius 1 is 1.30 bits per heavy atom. The van der Waals surface area contributed by atoms with Crippen molar-refractivity contribution in [2.24, 2.45) is 27.8 Å². The van der Waals surface area contributed by atoms with E-state index in [1.165, 1.54) is 6.92 Å². The molecule has 2 saturated carbocycles. The van der Waals surface area contributed by atoms with Gasteiger partial charge in [0.05, 0.1) is 18.4 Å². The molecule has 0 amide bonds. The minimum atomic E-state index is -0.842. The Balaban J connectivity index is 2.37. The van der Waals surface area contributed by atoms with E-state index >= 15 is 0 Å². The molecule has 2 fully saturated rings. The van der Waals surface area contributed by atoms with Crippen molar-refractivity contribution in [3.63, 3.8) is 0 Å². The first-order valence-corrected chi connectivity index (χ1v) is 8.70. The summed E-state index contributed by atoms with van der Waals surface area (Å²) >= 11 is 0. The Morgan fingerprint density at radius 3 is 2.61 bits per heavy atom. The molecule has 4 atom stereocenters. The summed E-state index contributed by atoms with van der Waals surface area (Å²) in [4.78, 5) is 11.1. The second kappa shape index (κ2) is 6.42. The molecule has 0 unspecified atom stereocenters. The maximum atomic E-state index is 11.1. The van der Waals surface area contributed by atoms with Crippen molar-refractivity contribution >= 4 is 12.2 Å². The molecule has 0 aromatic rings. The van der Waals surface area contributed by atoms with Crippen LogP contribution in [0.4, 0.5) is 0 Å². The Bertz CT molecular complexity index is 472. The summed E-state index contributed by atoms with van der Waals surface area (Å²) in [5, 5.41) is 23.8. The SMILES string of the molecule is CC(=O)OCC[C@@H]1[C@@]2(/C=N/O)CCCC(C)(C)[C@@H]2CC[C@]1(C)O. The molecular weight excluding hydrogens is 294 g/mol. The minimum absolute atomic E-state index is 0.0800. The van der Waals surface area contributed by atoms with Crippen molar-refractivity contribution in [1.82, 2.24) is 0 Å². The first-order chi connectivity index (χ1) is 10.7. The van der Waals surface area contributed by atoms with E-state index in [1.54, 1.807) is 6.21 Å². The first-order valence-electron chi connectivity index (χ1n) is 8.70. The molecule has 2 N–H and O–H groups in total. The Labute approximate surface area is 139 Å². The molecule has 5 heteroatoms. The number of fused-ring (bicyclic) bond motifs is 1. The second-order valence-electron chi connectivity index (χ2n) is 8.33. The van der Waals surface area contributed by atoms with Gasteiger partial charge in [-0.2, -0.15) is 0 Å². The Morgan fingerprint density at radius 2 is 2.00 bits per heavy atom. The fourth-order valence-corrected chi connectivity index (χ4v) is 5.44. The fraction of sp³-hybridized carbons (Fsp3) is 0.889. The van der Waals surface area contributed by atoms with Gasteiger partial charge in [0.15, 0.2) is 0 Å². The van der Waals surface area contributed by atoms with Crippen molar-refractivity contribution in [2.75, 3.05) is 6.61 Å². The van der Waals surface area contributed by atoms with E-state index in [1.807, 2.05) is 6.92 Å². The molecule has 0 spiro atoms. The lowest BCUT2D eigenvalue weighted by atomic mass is 9.45. The lowest BCUT2D eigenvalue weighted by Crippen LogP contribution is -2.59. The highest BCUT2D eigenvalue weighted by molar-refractivity contribution is 5.68. The average molecular weight is 325 g/mol. The van der Waals surface area contributed by atoms with Gasteiger partial charge in [-0.05, 0) is 50.4 Å². The topological polar surface area (TPSA) is 79.1 Å². The first kappa shape index (κ1) is 18.2. The van der Waals surface area contributed by atoms with Gasteiger partial charge in [-0.1, -0.05) is 20.3 Å². The van der Waals surface area contributed by atoms with Crippen LogP contribution in [0.2, 0.25) is 0 Å². The van der Waals surface area contributed by atoms with Crippen LogP contribution in [0, 0.1) is 22.7 Å². The lowest BCUT2D eigenvalue weighted by Gasteiger charge is -2.60. The number of ether oxygens (including phenoxy) is 1. The number of esters is 1. The maximum Gasteiger partial charge on any atom is 0.302 e. The molecule has 0 bridgehead atoms. The molecule has 0 radical (unpaired) electrons. The van der Waals surface area contributed by atoms with E-state index in [2.05, 4.69) is 19.0 Å². The maximum absolute atomic E-state index is 11.1. The zero-order valence-corrected chi connectivity index (χ0v) is 14.8. The third-order valence-corrected chi connectivity index (χ3v) is 6.37. The average Bonchev–Trinajstić information content (AvgIpc) is 2.40. The molecule has 2 aliphatic carbocycles. The summed E-state index contributed by atoms with van der Waals surface area (Å²) in [6, 6.07) is 0. The molecule has 5 nitrogen and oxygen atoms in total. The van der Waals surface area contributed by atoms with Crippen molar-refractivity contribution in [2.45, 2.75) is 71.8 Å². The molecule has 0 aliphatic heterocycles. The molecule has 132 valence electrons. The zero-order chi connectivity index (χ0) is 17.3. The van der Waals surface area contributed by atoms with Gasteiger partial charge in [0.2, 0.25) is 0 Å². The number of hydrogen-bond acceptors (Lipinski definition) is 5. The monoisotopic (exact) mass is 325 g/mol. The molecule has 0 aromatic heterocycles. The van der Waals surface area contributed by atoms with E-state index in [-0.39, 0.29) is 22.7 Å². The van der Waals surface area contributed by atoms with E-state index in [0.717, 1.165) is 32.1 Å². The minimum Gasteiger partial charge on any atom is -0.466 e. The predicted octanol–water partition coefficient (Wildman–Crippen LogP) is 3.37. The zero-order valence-electron chi connectivity index (χ0n) is 14.8. The van der Waals surface area contributed by atoms with Gasteiger partial charge < -0.3 is 15.1 Å². The number of oxime groups is 1. The molecule has 2 rings (SSSR count). The highest BCUT2D eigenvalue weighted by Crippen LogP contribution is 2.62. The lowest BCUT2D eigenvalue weighted by molar-refractivity contribution is -0.156. The fourth-order valence-electron chi connectivity index (χ4n) is 5.44. The summed E-state index contributed by atoms with van der Waals surface area (Å²) in [6.07, 6.45) is 7.03. The Hall–Kier alpha value is -1.10. The largest absolute Gasteiger partial charge is 0.466 e. The highest BCUT2D eigenvalue weighted by atomic mass is 16.5. The van der Waals surface area contributed by atoms with Crippen LogP contribution in [0.1, 0.15) is 66.2 Å². The van der Waals surface area contributed by atoms with Gasteiger partial charge >= 0.3 is 5.97 Å². The van der Waals surface area contributed by atoms with Gasteiger partial charge in [-0.25, -0.2) is 0 Å². The van der Waals surface area contributed by atoms with Gasteiger partial charge in [-0.3, -0.25) is 4.79 Å². The van der Waals surface area contributed by atoms with E-state index in [4.69, 9.17) is 4.74 Å². The van der Waals surface area contributed by atoms with Gasteiger partial charge in [0.1, 0.15) is 0 Å². The highest BCUT2D eigenvalue weighted by Gasteiger charge is 2.59. The number of nitrogens with zero attached hydrogens (tertiary/aromatic N) is 1. The normalized spacial score (nSPS) is 39.9. The molecule has 23 heavy (non-hydrogen) atoms. The number of rotatable bonds is 4. The quantitative estimate of drug-likeness (QED) is 0.359.